The van der Waals surface area contributed by atoms with Crippen LogP contribution in [0.25, 0.3) is 5.70 Å². The van der Waals surface area contributed by atoms with Crippen LogP contribution in [-0.4, -0.2) is 36.9 Å². The number of halogens is 2. The maximum atomic E-state index is 11.9. The van der Waals surface area contributed by atoms with Crippen molar-refractivity contribution in [3.63, 3.8) is 0 Å². The molecule has 0 aliphatic rings. The fourth-order valence-electron chi connectivity index (χ4n) is 1.73. The second-order valence-corrected chi connectivity index (χ2v) is 4.56. The summed E-state index contributed by atoms with van der Waals surface area (Å²) < 4.78 is 5.03. The standard InChI is InChI=1S/C14H17Cl2NO2/c1-3-13(11-4-6-12(16)7-5-11)17(8-9-19-2)14(18)10-15/h3-7H,8-10H2,1-2H3/b13-3+. The predicted molar refractivity (Wildman–Crippen MR) is 79.4 cm³/mol. The smallest absolute Gasteiger partial charge is 0.241 e. The first kappa shape index (κ1) is 16.0. The molecule has 5 heteroatoms. The molecule has 104 valence electrons. The third-order valence-electron chi connectivity index (χ3n) is 2.64. The van der Waals surface area contributed by atoms with Crippen molar-refractivity contribution in [1.29, 1.82) is 0 Å². The van der Waals surface area contributed by atoms with E-state index in [-0.39, 0.29) is 11.8 Å². The number of benzene rings is 1. The van der Waals surface area contributed by atoms with Gasteiger partial charge in [-0.1, -0.05) is 29.8 Å². The van der Waals surface area contributed by atoms with Crippen molar-refractivity contribution in [3.8, 4) is 0 Å². The van der Waals surface area contributed by atoms with Gasteiger partial charge in [-0.2, -0.15) is 0 Å². The minimum Gasteiger partial charge on any atom is -0.383 e. The highest BCUT2D eigenvalue weighted by Gasteiger charge is 2.17. The van der Waals surface area contributed by atoms with Gasteiger partial charge in [0.1, 0.15) is 5.88 Å². The van der Waals surface area contributed by atoms with Crippen molar-refractivity contribution in [2.45, 2.75) is 6.92 Å². The molecule has 0 saturated carbocycles. The Balaban J connectivity index is 3.02. The van der Waals surface area contributed by atoms with Gasteiger partial charge in [0.25, 0.3) is 0 Å². The zero-order valence-electron chi connectivity index (χ0n) is 11.0. The minimum atomic E-state index is -0.151. The third kappa shape index (κ3) is 4.53. The lowest BCUT2D eigenvalue weighted by Crippen LogP contribution is -2.33. The van der Waals surface area contributed by atoms with Crippen LogP contribution in [0.3, 0.4) is 0 Å². The van der Waals surface area contributed by atoms with Crippen molar-refractivity contribution >= 4 is 34.8 Å². The first-order chi connectivity index (χ1) is 9.13. The lowest BCUT2D eigenvalue weighted by atomic mass is 10.1. The summed E-state index contributed by atoms with van der Waals surface area (Å²) in [5.41, 5.74) is 1.72. The molecule has 0 fully saturated rings. The normalized spacial score (nSPS) is 11.5. The van der Waals surface area contributed by atoms with E-state index in [0.29, 0.717) is 18.2 Å². The number of methoxy groups -OCH3 is 1. The number of hydrogen-bond acceptors (Lipinski definition) is 2. The lowest BCUT2D eigenvalue weighted by molar-refractivity contribution is -0.125. The number of alkyl halides is 1. The number of rotatable bonds is 6. The largest absolute Gasteiger partial charge is 0.383 e. The van der Waals surface area contributed by atoms with Gasteiger partial charge in [0, 0.05) is 24.4 Å². The van der Waals surface area contributed by atoms with E-state index in [1.54, 1.807) is 24.1 Å². The average molecular weight is 302 g/mol. The van der Waals surface area contributed by atoms with Crippen LogP contribution in [0.5, 0.6) is 0 Å². The average Bonchev–Trinajstić information content (AvgIpc) is 2.44. The van der Waals surface area contributed by atoms with E-state index in [4.69, 9.17) is 27.9 Å². The monoisotopic (exact) mass is 301 g/mol. The number of carbonyl (C=O) groups excluding carboxylic acids is 1. The summed E-state index contributed by atoms with van der Waals surface area (Å²) >= 11 is 11.5. The molecule has 0 unspecified atom stereocenters. The van der Waals surface area contributed by atoms with E-state index in [2.05, 4.69) is 0 Å². The number of hydrogen-bond donors (Lipinski definition) is 0. The summed E-state index contributed by atoms with van der Waals surface area (Å²) in [4.78, 5) is 13.6. The molecule has 0 aromatic heterocycles. The second kappa shape index (κ2) is 8.20. The van der Waals surface area contributed by atoms with Crippen molar-refractivity contribution in [2.24, 2.45) is 0 Å². The third-order valence-corrected chi connectivity index (χ3v) is 3.12. The molecule has 0 bridgehead atoms. The summed E-state index contributed by atoms with van der Waals surface area (Å²) in [6.07, 6.45) is 1.88. The Hall–Kier alpha value is -1.03. The molecule has 0 atom stereocenters. The van der Waals surface area contributed by atoms with Crippen LogP contribution in [0.15, 0.2) is 30.3 Å². The highest BCUT2D eigenvalue weighted by Crippen LogP contribution is 2.21. The molecular weight excluding hydrogens is 285 g/mol. The van der Waals surface area contributed by atoms with Gasteiger partial charge in [-0.25, -0.2) is 0 Å². The predicted octanol–water partition coefficient (Wildman–Crippen LogP) is 3.41. The molecule has 1 aromatic carbocycles. The summed E-state index contributed by atoms with van der Waals surface area (Å²) in [7, 11) is 1.60. The molecule has 0 spiro atoms. The van der Waals surface area contributed by atoms with Crippen LogP contribution in [-0.2, 0) is 9.53 Å². The summed E-state index contributed by atoms with van der Waals surface area (Å²) in [6, 6.07) is 7.33. The summed E-state index contributed by atoms with van der Waals surface area (Å²) in [5.74, 6) is -0.212. The van der Waals surface area contributed by atoms with Gasteiger partial charge in [0.15, 0.2) is 0 Å². The first-order valence-corrected chi connectivity index (χ1v) is 6.82. The summed E-state index contributed by atoms with van der Waals surface area (Å²) in [6.45, 7) is 2.79. The van der Waals surface area contributed by atoms with E-state index in [1.165, 1.54) is 0 Å². The summed E-state index contributed by atoms with van der Waals surface area (Å²) in [5, 5.41) is 0.659. The van der Waals surface area contributed by atoms with Gasteiger partial charge >= 0.3 is 0 Å². The number of nitrogens with zero attached hydrogens (tertiary/aromatic N) is 1. The Morgan fingerprint density at radius 1 is 1.37 bits per heavy atom. The van der Waals surface area contributed by atoms with E-state index in [9.17, 15) is 4.79 Å². The number of amides is 1. The second-order valence-electron chi connectivity index (χ2n) is 3.85. The SMILES string of the molecule is C/C=C(\c1ccc(Cl)cc1)N(CCOC)C(=O)CCl. The van der Waals surface area contributed by atoms with Crippen molar-refractivity contribution in [3.05, 3.63) is 40.9 Å². The van der Waals surface area contributed by atoms with Crippen LogP contribution in [0.4, 0.5) is 0 Å². The molecular formula is C14H17Cl2NO2. The fourth-order valence-corrected chi connectivity index (χ4v) is 2.00. The van der Waals surface area contributed by atoms with Crippen LogP contribution in [0, 0.1) is 0 Å². The van der Waals surface area contributed by atoms with Gasteiger partial charge in [-0.15, -0.1) is 11.6 Å². The van der Waals surface area contributed by atoms with Gasteiger partial charge in [-0.05, 0) is 24.6 Å². The highest BCUT2D eigenvalue weighted by molar-refractivity contribution is 6.30. The van der Waals surface area contributed by atoms with E-state index < -0.39 is 0 Å². The molecule has 0 aliphatic carbocycles. The Kier molecular flexibility index (Phi) is 6.92. The zero-order valence-corrected chi connectivity index (χ0v) is 12.5. The van der Waals surface area contributed by atoms with Crippen LogP contribution >= 0.6 is 23.2 Å². The minimum absolute atomic E-state index is 0.0609. The molecule has 19 heavy (non-hydrogen) atoms. The fraction of sp³-hybridized carbons (Fsp3) is 0.357. The Morgan fingerprint density at radius 3 is 2.47 bits per heavy atom. The zero-order chi connectivity index (χ0) is 14.3. The van der Waals surface area contributed by atoms with E-state index in [0.717, 1.165) is 11.3 Å². The molecule has 0 heterocycles. The Labute approximate surface area is 123 Å². The maximum Gasteiger partial charge on any atom is 0.241 e. The van der Waals surface area contributed by atoms with E-state index in [1.807, 2.05) is 25.1 Å². The molecule has 3 nitrogen and oxygen atoms in total. The van der Waals surface area contributed by atoms with Crippen LogP contribution < -0.4 is 0 Å². The molecule has 1 rings (SSSR count). The van der Waals surface area contributed by atoms with Gasteiger partial charge in [-0.3, -0.25) is 4.79 Å². The van der Waals surface area contributed by atoms with Crippen LogP contribution in [0.2, 0.25) is 5.02 Å². The molecule has 1 aromatic rings. The van der Waals surface area contributed by atoms with Crippen LogP contribution in [0.1, 0.15) is 12.5 Å². The Bertz CT molecular complexity index is 443. The first-order valence-electron chi connectivity index (χ1n) is 5.91. The van der Waals surface area contributed by atoms with Gasteiger partial charge in [0.2, 0.25) is 5.91 Å². The Morgan fingerprint density at radius 2 is 2.00 bits per heavy atom. The quantitative estimate of drug-likeness (QED) is 0.754. The molecule has 0 saturated heterocycles. The number of allylic oxidation sites excluding steroid dienone is 1. The van der Waals surface area contributed by atoms with E-state index >= 15 is 0 Å². The number of carbonyl (C=O) groups is 1. The van der Waals surface area contributed by atoms with Gasteiger partial charge < -0.3 is 9.64 Å². The van der Waals surface area contributed by atoms with Crippen molar-refractivity contribution in [2.75, 3.05) is 26.1 Å². The highest BCUT2D eigenvalue weighted by atomic mass is 35.5. The molecule has 0 aliphatic heterocycles. The lowest BCUT2D eigenvalue weighted by Gasteiger charge is -2.25. The maximum absolute atomic E-state index is 11.9. The van der Waals surface area contributed by atoms with Crippen molar-refractivity contribution in [1.82, 2.24) is 4.90 Å². The molecule has 0 N–H and O–H groups in total. The van der Waals surface area contributed by atoms with Gasteiger partial charge in [0.05, 0.1) is 6.61 Å². The molecule has 0 radical (unpaired) electrons. The topological polar surface area (TPSA) is 29.5 Å². The number of ether oxygens (including phenoxy) is 1. The molecule has 1 amide bonds. The van der Waals surface area contributed by atoms with Crippen molar-refractivity contribution < 1.29 is 9.53 Å².